The van der Waals surface area contributed by atoms with E-state index in [2.05, 4.69) is 5.32 Å². The van der Waals surface area contributed by atoms with Crippen molar-refractivity contribution in [3.8, 4) is 0 Å². The van der Waals surface area contributed by atoms with Crippen LogP contribution in [0.5, 0.6) is 0 Å². The summed E-state index contributed by atoms with van der Waals surface area (Å²) in [7, 11) is -4.10. The topological polar surface area (TPSA) is 86.8 Å². The molecular weight excluding hydrogens is 546 g/mol. The number of nitrogens with zero attached hydrogens (tertiary/aromatic N) is 2. The van der Waals surface area contributed by atoms with Crippen LogP contribution < -0.4 is 9.62 Å². The van der Waals surface area contributed by atoms with Gasteiger partial charge in [0.15, 0.2) is 0 Å². The van der Waals surface area contributed by atoms with Gasteiger partial charge in [-0.15, -0.1) is 0 Å². The number of sulfonamides is 1. The normalized spacial score (nSPS) is 12.0. The quantitative estimate of drug-likeness (QED) is 0.244. The van der Waals surface area contributed by atoms with Crippen molar-refractivity contribution in [1.29, 1.82) is 0 Å². The second-order valence-corrected chi connectivity index (χ2v) is 12.4. The summed E-state index contributed by atoms with van der Waals surface area (Å²) in [6.07, 6.45) is 0.272. The van der Waals surface area contributed by atoms with Gasteiger partial charge in [-0.3, -0.25) is 13.9 Å². The lowest BCUT2D eigenvalue weighted by Crippen LogP contribution is -2.54. The first-order valence-electron chi connectivity index (χ1n) is 14.0. The second kappa shape index (κ2) is 14.0. The van der Waals surface area contributed by atoms with Gasteiger partial charge < -0.3 is 10.2 Å². The van der Waals surface area contributed by atoms with Crippen LogP contribution in [-0.4, -0.2) is 43.8 Å². The molecule has 4 rings (SSSR count). The van der Waals surface area contributed by atoms with Gasteiger partial charge in [0.05, 0.1) is 10.6 Å². The van der Waals surface area contributed by atoms with Crippen molar-refractivity contribution in [2.45, 2.75) is 50.7 Å². The predicted molar refractivity (Wildman–Crippen MR) is 166 cm³/mol. The predicted octanol–water partition coefficient (Wildman–Crippen LogP) is 5.36. The highest BCUT2D eigenvalue weighted by molar-refractivity contribution is 7.92. The fourth-order valence-electron chi connectivity index (χ4n) is 4.67. The van der Waals surface area contributed by atoms with E-state index in [1.54, 1.807) is 48.5 Å². The zero-order chi connectivity index (χ0) is 30.1. The fraction of sp³-hybridized carbons (Fsp3) is 0.235. The molecule has 0 aliphatic heterocycles. The monoisotopic (exact) mass is 583 g/mol. The van der Waals surface area contributed by atoms with Crippen molar-refractivity contribution in [2.24, 2.45) is 0 Å². The van der Waals surface area contributed by atoms with Gasteiger partial charge in [0.2, 0.25) is 11.8 Å². The summed E-state index contributed by atoms with van der Waals surface area (Å²) < 4.78 is 28.9. The molecule has 2 amide bonds. The standard InChI is InChI=1S/C34H37N3O4S/c1-26(2)35-34(39)32(23-28-13-7-4-8-14-28)36(24-29-21-19-27(3)20-22-29)33(38)25-37(30-15-9-5-10-16-30)42(40,41)31-17-11-6-12-18-31/h4-22,26,32H,23-25H2,1-3H3,(H,35,39). The molecule has 0 aromatic heterocycles. The number of para-hydroxylation sites is 1. The molecule has 0 bridgehead atoms. The summed E-state index contributed by atoms with van der Waals surface area (Å²) in [6.45, 7) is 5.37. The number of hydrogen-bond donors (Lipinski definition) is 1. The maximum Gasteiger partial charge on any atom is 0.264 e. The SMILES string of the molecule is Cc1ccc(CN(C(=O)CN(c2ccccc2)S(=O)(=O)c2ccccc2)C(Cc2ccccc2)C(=O)NC(C)C)cc1. The molecule has 1 atom stereocenters. The molecule has 0 heterocycles. The van der Waals surface area contributed by atoms with Crippen molar-refractivity contribution >= 4 is 27.5 Å². The first-order chi connectivity index (χ1) is 20.1. The highest BCUT2D eigenvalue weighted by Gasteiger charge is 2.34. The highest BCUT2D eigenvalue weighted by atomic mass is 32.2. The number of benzene rings is 4. The summed E-state index contributed by atoms with van der Waals surface area (Å²) in [5, 5.41) is 2.97. The number of carbonyl (C=O) groups is 2. The van der Waals surface area contributed by atoms with Gasteiger partial charge in [0.1, 0.15) is 12.6 Å². The number of hydrogen-bond acceptors (Lipinski definition) is 4. The molecular formula is C34H37N3O4S. The van der Waals surface area contributed by atoms with E-state index < -0.39 is 28.5 Å². The van der Waals surface area contributed by atoms with Crippen LogP contribution in [0, 0.1) is 6.92 Å². The molecule has 4 aromatic rings. The van der Waals surface area contributed by atoms with E-state index in [9.17, 15) is 18.0 Å². The van der Waals surface area contributed by atoms with Crippen LogP contribution in [0.3, 0.4) is 0 Å². The molecule has 0 saturated carbocycles. The maximum atomic E-state index is 14.3. The molecule has 1 N–H and O–H groups in total. The number of aryl methyl sites for hydroxylation is 1. The van der Waals surface area contributed by atoms with Crippen molar-refractivity contribution in [1.82, 2.24) is 10.2 Å². The Morgan fingerprint density at radius 1 is 0.738 bits per heavy atom. The maximum absolute atomic E-state index is 14.3. The average molecular weight is 584 g/mol. The molecule has 218 valence electrons. The van der Waals surface area contributed by atoms with Crippen LogP contribution in [0.2, 0.25) is 0 Å². The zero-order valence-corrected chi connectivity index (χ0v) is 25.0. The van der Waals surface area contributed by atoms with Crippen LogP contribution in [0.25, 0.3) is 0 Å². The zero-order valence-electron chi connectivity index (χ0n) is 24.2. The lowest BCUT2D eigenvalue weighted by molar-refractivity contribution is -0.140. The van der Waals surface area contributed by atoms with Gasteiger partial charge in [-0.25, -0.2) is 8.42 Å². The summed E-state index contributed by atoms with van der Waals surface area (Å²) in [5.74, 6) is -0.787. The Balaban J connectivity index is 1.78. The van der Waals surface area contributed by atoms with Crippen molar-refractivity contribution in [2.75, 3.05) is 10.8 Å². The fourth-order valence-corrected chi connectivity index (χ4v) is 6.10. The van der Waals surface area contributed by atoms with Gasteiger partial charge >= 0.3 is 0 Å². The number of carbonyl (C=O) groups excluding carboxylic acids is 2. The van der Waals surface area contributed by atoms with Crippen LogP contribution >= 0.6 is 0 Å². The summed E-state index contributed by atoms with van der Waals surface area (Å²) in [5.41, 5.74) is 3.15. The molecule has 4 aromatic carbocycles. The molecule has 42 heavy (non-hydrogen) atoms. The Labute approximate surface area is 248 Å². The number of rotatable bonds is 12. The van der Waals surface area contributed by atoms with Gasteiger partial charge in [-0.05, 0) is 56.2 Å². The van der Waals surface area contributed by atoms with Crippen molar-refractivity contribution < 1.29 is 18.0 Å². The molecule has 0 fully saturated rings. The van der Waals surface area contributed by atoms with E-state index >= 15 is 0 Å². The first kappa shape index (κ1) is 30.5. The second-order valence-electron chi connectivity index (χ2n) is 10.5. The van der Waals surface area contributed by atoms with E-state index in [-0.39, 0.29) is 29.8 Å². The van der Waals surface area contributed by atoms with Gasteiger partial charge in [0, 0.05) is 19.0 Å². The van der Waals surface area contributed by atoms with Crippen LogP contribution in [0.15, 0.2) is 120 Å². The Morgan fingerprint density at radius 2 is 1.29 bits per heavy atom. The van der Waals surface area contributed by atoms with Gasteiger partial charge in [-0.2, -0.15) is 0 Å². The minimum atomic E-state index is -4.10. The molecule has 0 aliphatic rings. The van der Waals surface area contributed by atoms with Crippen LogP contribution in [-0.2, 0) is 32.6 Å². The molecule has 0 spiro atoms. The minimum absolute atomic E-state index is 0.0742. The van der Waals surface area contributed by atoms with Crippen LogP contribution in [0.4, 0.5) is 5.69 Å². The smallest absolute Gasteiger partial charge is 0.264 e. The Hall–Kier alpha value is -4.43. The molecule has 0 radical (unpaired) electrons. The Bertz CT molecular complexity index is 1560. The van der Waals surface area contributed by atoms with E-state index in [1.165, 1.54) is 17.0 Å². The highest BCUT2D eigenvalue weighted by Crippen LogP contribution is 2.25. The lowest BCUT2D eigenvalue weighted by Gasteiger charge is -2.34. The summed E-state index contributed by atoms with van der Waals surface area (Å²) in [6, 6.07) is 32.8. The van der Waals surface area contributed by atoms with E-state index in [0.717, 1.165) is 21.0 Å². The third-order valence-corrected chi connectivity index (χ3v) is 8.62. The largest absolute Gasteiger partial charge is 0.352 e. The molecule has 0 aliphatic carbocycles. The lowest BCUT2D eigenvalue weighted by atomic mass is 10.0. The average Bonchev–Trinajstić information content (AvgIpc) is 2.99. The number of nitrogens with one attached hydrogen (secondary N) is 1. The summed E-state index contributed by atoms with van der Waals surface area (Å²) >= 11 is 0. The van der Waals surface area contributed by atoms with Gasteiger partial charge in [-0.1, -0.05) is 96.6 Å². The Morgan fingerprint density at radius 3 is 1.86 bits per heavy atom. The minimum Gasteiger partial charge on any atom is -0.352 e. The van der Waals surface area contributed by atoms with Gasteiger partial charge in [0.25, 0.3) is 10.0 Å². The summed E-state index contributed by atoms with van der Waals surface area (Å²) in [4.78, 5) is 29.6. The van der Waals surface area contributed by atoms with E-state index in [4.69, 9.17) is 0 Å². The third-order valence-electron chi connectivity index (χ3n) is 6.83. The number of amides is 2. The van der Waals surface area contributed by atoms with Crippen molar-refractivity contribution in [3.63, 3.8) is 0 Å². The third kappa shape index (κ3) is 7.85. The Kier molecular flexibility index (Phi) is 10.1. The molecule has 7 nitrogen and oxygen atoms in total. The molecule has 0 saturated heterocycles. The molecule has 8 heteroatoms. The number of anilines is 1. The van der Waals surface area contributed by atoms with E-state index in [0.29, 0.717) is 5.69 Å². The van der Waals surface area contributed by atoms with E-state index in [1.807, 2.05) is 75.4 Å². The van der Waals surface area contributed by atoms with Crippen LogP contribution in [0.1, 0.15) is 30.5 Å². The first-order valence-corrected chi connectivity index (χ1v) is 15.4. The molecule has 1 unspecified atom stereocenters. The van der Waals surface area contributed by atoms with Crippen molar-refractivity contribution in [3.05, 3.63) is 132 Å².